The second-order valence-corrected chi connectivity index (χ2v) is 4.06. The van der Waals surface area contributed by atoms with Crippen LogP contribution in [0.5, 0.6) is 11.5 Å². The van der Waals surface area contributed by atoms with Crippen LogP contribution in [0.25, 0.3) is 11.4 Å². The molecular weight excluding hydrogens is 242 g/mol. The van der Waals surface area contributed by atoms with Gasteiger partial charge in [0.05, 0.1) is 14.2 Å². The smallest absolute Gasteiger partial charge is 0.169 e. The Morgan fingerprint density at radius 2 is 1.74 bits per heavy atom. The van der Waals surface area contributed by atoms with Gasteiger partial charge in [-0.15, -0.1) is 0 Å². The SMILES string of the molecule is CNc1ccnc(-c2c(OC)cc(C)cc2OC)n1. The van der Waals surface area contributed by atoms with E-state index in [1.165, 1.54) is 0 Å². The average Bonchev–Trinajstić information content (AvgIpc) is 2.46. The van der Waals surface area contributed by atoms with Crippen LogP contribution in [-0.2, 0) is 0 Å². The van der Waals surface area contributed by atoms with Crippen molar-refractivity contribution in [1.82, 2.24) is 9.97 Å². The maximum atomic E-state index is 5.42. The Bertz CT molecular complexity index is 560. The Hall–Kier alpha value is -2.30. The van der Waals surface area contributed by atoms with Crippen LogP contribution in [0.2, 0.25) is 0 Å². The molecule has 0 aliphatic carbocycles. The molecule has 0 aliphatic rings. The van der Waals surface area contributed by atoms with Crippen molar-refractivity contribution < 1.29 is 9.47 Å². The Morgan fingerprint density at radius 3 is 2.26 bits per heavy atom. The van der Waals surface area contributed by atoms with Crippen LogP contribution in [0.1, 0.15) is 5.56 Å². The number of aromatic nitrogens is 2. The first-order valence-electron chi connectivity index (χ1n) is 5.93. The summed E-state index contributed by atoms with van der Waals surface area (Å²) in [6.45, 7) is 1.99. The minimum atomic E-state index is 0.570. The van der Waals surface area contributed by atoms with Gasteiger partial charge < -0.3 is 14.8 Å². The number of anilines is 1. The molecule has 1 aromatic heterocycles. The third-order valence-electron chi connectivity index (χ3n) is 2.79. The maximum Gasteiger partial charge on any atom is 0.169 e. The van der Waals surface area contributed by atoms with E-state index in [2.05, 4.69) is 15.3 Å². The monoisotopic (exact) mass is 259 g/mol. The van der Waals surface area contributed by atoms with Crippen LogP contribution in [0, 0.1) is 6.92 Å². The summed E-state index contributed by atoms with van der Waals surface area (Å²) in [6.07, 6.45) is 1.70. The molecule has 0 radical (unpaired) electrons. The summed E-state index contributed by atoms with van der Waals surface area (Å²) in [7, 11) is 5.06. The molecule has 5 nitrogen and oxygen atoms in total. The van der Waals surface area contributed by atoms with Gasteiger partial charge >= 0.3 is 0 Å². The quantitative estimate of drug-likeness (QED) is 0.914. The molecule has 2 rings (SSSR count). The van der Waals surface area contributed by atoms with E-state index in [0.29, 0.717) is 17.3 Å². The van der Waals surface area contributed by atoms with E-state index in [4.69, 9.17) is 9.47 Å². The summed E-state index contributed by atoms with van der Waals surface area (Å²) in [6, 6.07) is 5.68. The highest BCUT2D eigenvalue weighted by atomic mass is 16.5. The topological polar surface area (TPSA) is 56.3 Å². The first-order chi connectivity index (χ1) is 9.19. The van der Waals surface area contributed by atoms with Gasteiger partial charge in [-0.2, -0.15) is 0 Å². The van der Waals surface area contributed by atoms with Crippen molar-refractivity contribution in [2.45, 2.75) is 6.92 Å². The largest absolute Gasteiger partial charge is 0.496 e. The van der Waals surface area contributed by atoms with Crippen molar-refractivity contribution in [1.29, 1.82) is 0 Å². The highest BCUT2D eigenvalue weighted by molar-refractivity contribution is 5.73. The van der Waals surface area contributed by atoms with Crippen LogP contribution >= 0.6 is 0 Å². The molecule has 2 aromatic rings. The van der Waals surface area contributed by atoms with Crippen molar-refractivity contribution in [3.8, 4) is 22.9 Å². The van der Waals surface area contributed by atoms with Gasteiger partial charge in [0.15, 0.2) is 5.82 Å². The number of rotatable bonds is 4. The maximum absolute atomic E-state index is 5.42. The van der Waals surface area contributed by atoms with Crippen molar-refractivity contribution in [2.24, 2.45) is 0 Å². The predicted octanol–water partition coefficient (Wildman–Crippen LogP) is 2.51. The van der Waals surface area contributed by atoms with Crippen LogP contribution in [0.15, 0.2) is 24.4 Å². The molecule has 0 unspecified atom stereocenters. The molecule has 5 heteroatoms. The molecule has 0 amide bonds. The number of aryl methyl sites for hydroxylation is 1. The molecule has 0 aliphatic heterocycles. The Balaban J connectivity index is 2.65. The van der Waals surface area contributed by atoms with Crippen LogP contribution in [0.4, 0.5) is 5.82 Å². The zero-order valence-electron chi connectivity index (χ0n) is 11.5. The second kappa shape index (κ2) is 5.56. The first kappa shape index (κ1) is 13.1. The molecule has 1 N–H and O–H groups in total. The van der Waals surface area contributed by atoms with Gasteiger partial charge in [-0.05, 0) is 30.7 Å². The van der Waals surface area contributed by atoms with E-state index in [1.807, 2.05) is 26.1 Å². The summed E-state index contributed by atoms with van der Waals surface area (Å²) >= 11 is 0. The predicted molar refractivity (Wildman–Crippen MR) is 74.9 cm³/mol. The molecule has 0 fully saturated rings. The third-order valence-corrected chi connectivity index (χ3v) is 2.79. The lowest BCUT2D eigenvalue weighted by atomic mass is 10.1. The molecular formula is C14H17N3O2. The standard InChI is InChI=1S/C14H17N3O2/c1-9-7-10(18-3)13(11(8-9)19-4)14-16-6-5-12(15-2)17-14/h5-8H,1-4H3,(H,15,16,17). The number of methoxy groups -OCH3 is 2. The molecule has 19 heavy (non-hydrogen) atoms. The Kier molecular flexibility index (Phi) is 3.85. The van der Waals surface area contributed by atoms with E-state index >= 15 is 0 Å². The molecule has 0 atom stereocenters. The lowest BCUT2D eigenvalue weighted by Gasteiger charge is -2.13. The van der Waals surface area contributed by atoms with Gasteiger partial charge in [-0.25, -0.2) is 9.97 Å². The summed E-state index contributed by atoms with van der Waals surface area (Å²) in [5.74, 6) is 2.71. The van der Waals surface area contributed by atoms with Crippen molar-refractivity contribution >= 4 is 5.82 Å². The zero-order valence-corrected chi connectivity index (χ0v) is 11.5. The van der Waals surface area contributed by atoms with E-state index in [9.17, 15) is 0 Å². The molecule has 100 valence electrons. The summed E-state index contributed by atoms with van der Waals surface area (Å²) in [5.41, 5.74) is 1.81. The molecule has 0 spiro atoms. The molecule has 0 saturated carbocycles. The molecule has 1 heterocycles. The van der Waals surface area contributed by atoms with Crippen molar-refractivity contribution in [2.75, 3.05) is 26.6 Å². The number of nitrogens with one attached hydrogen (secondary N) is 1. The second-order valence-electron chi connectivity index (χ2n) is 4.06. The van der Waals surface area contributed by atoms with Crippen LogP contribution in [0.3, 0.4) is 0 Å². The lowest BCUT2D eigenvalue weighted by molar-refractivity contribution is 0.396. The van der Waals surface area contributed by atoms with Crippen LogP contribution in [-0.4, -0.2) is 31.2 Å². The van der Waals surface area contributed by atoms with Crippen molar-refractivity contribution in [3.05, 3.63) is 30.0 Å². The fourth-order valence-corrected chi connectivity index (χ4v) is 1.88. The van der Waals surface area contributed by atoms with Gasteiger partial charge in [-0.1, -0.05) is 0 Å². The average molecular weight is 259 g/mol. The Morgan fingerprint density at radius 1 is 1.11 bits per heavy atom. The number of nitrogens with zero attached hydrogens (tertiary/aromatic N) is 2. The van der Waals surface area contributed by atoms with Gasteiger partial charge in [0.25, 0.3) is 0 Å². The van der Waals surface area contributed by atoms with Gasteiger partial charge in [0, 0.05) is 13.2 Å². The lowest BCUT2D eigenvalue weighted by Crippen LogP contribution is -2.00. The molecule has 0 saturated heterocycles. The first-order valence-corrected chi connectivity index (χ1v) is 5.93. The van der Waals surface area contributed by atoms with E-state index < -0.39 is 0 Å². The van der Waals surface area contributed by atoms with E-state index in [0.717, 1.165) is 16.9 Å². The van der Waals surface area contributed by atoms with E-state index in [1.54, 1.807) is 26.5 Å². The number of benzene rings is 1. The number of ether oxygens (including phenoxy) is 2. The van der Waals surface area contributed by atoms with Gasteiger partial charge in [0.1, 0.15) is 22.9 Å². The summed E-state index contributed by atoms with van der Waals surface area (Å²) in [5, 5.41) is 2.99. The molecule has 1 aromatic carbocycles. The normalized spacial score (nSPS) is 10.1. The number of hydrogen-bond acceptors (Lipinski definition) is 5. The zero-order chi connectivity index (χ0) is 13.8. The minimum absolute atomic E-state index is 0.570. The Labute approximate surface area is 112 Å². The number of hydrogen-bond donors (Lipinski definition) is 1. The highest BCUT2D eigenvalue weighted by Crippen LogP contribution is 2.37. The summed E-state index contributed by atoms with van der Waals surface area (Å²) in [4.78, 5) is 8.72. The van der Waals surface area contributed by atoms with Gasteiger partial charge in [-0.3, -0.25) is 0 Å². The van der Waals surface area contributed by atoms with Crippen molar-refractivity contribution in [3.63, 3.8) is 0 Å². The van der Waals surface area contributed by atoms with E-state index in [-0.39, 0.29) is 0 Å². The van der Waals surface area contributed by atoms with Gasteiger partial charge in [0.2, 0.25) is 0 Å². The fraction of sp³-hybridized carbons (Fsp3) is 0.286. The fourth-order valence-electron chi connectivity index (χ4n) is 1.88. The van der Waals surface area contributed by atoms with Crippen LogP contribution < -0.4 is 14.8 Å². The highest BCUT2D eigenvalue weighted by Gasteiger charge is 2.16. The summed E-state index contributed by atoms with van der Waals surface area (Å²) < 4.78 is 10.8. The molecule has 0 bridgehead atoms. The minimum Gasteiger partial charge on any atom is -0.496 e. The third kappa shape index (κ3) is 2.59.